The first-order chi connectivity index (χ1) is 9.83. The number of benzene rings is 1. The number of nitrogens with zero attached hydrogens (tertiary/aromatic N) is 3. The molecule has 2 N–H and O–H groups in total. The van der Waals surface area contributed by atoms with Crippen LogP contribution in [0.4, 0.5) is 5.82 Å². The molecule has 0 amide bonds. The summed E-state index contributed by atoms with van der Waals surface area (Å²) in [5.74, 6) is 1.45. The van der Waals surface area contributed by atoms with Gasteiger partial charge in [0.25, 0.3) is 5.88 Å². The molecule has 0 bridgehead atoms. The molecule has 1 aliphatic heterocycles. The van der Waals surface area contributed by atoms with E-state index in [1.54, 1.807) is 0 Å². The third-order valence-corrected chi connectivity index (χ3v) is 3.72. The number of hydrogen-bond donors (Lipinski definition) is 1. The minimum absolute atomic E-state index is 0. The van der Waals surface area contributed by atoms with Crippen LogP contribution in [0.2, 0.25) is 0 Å². The maximum absolute atomic E-state index is 5.87. The number of rotatable bonds is 4. The molecule has 0 spiro atoms. The van der Waals surface area contributed by atoms with Gasteiger partial charge < -0.3 is 15.4 Å². The first-order valence-electron chi connectivity index (χ1n) is 7.19. The fourth-order valence-corrected chi connectivity index (χ4v) is 2.75. The van der Waals surface area contributed by atoms with Gasteiger partial charge in [0.2, 0.25) is 0 Å². The van der Waals surface area contributed by atoms with E-state index in [9.17, 15) is 0 Å². The highest BCUT2D eigenvalue weighted by Crippen LogP contribution is 2.32. The van der Waals surface area contributed by atoms with Gasteiger partial charge in [-0.25, -0.2) is 9.97 Å². The summed E-state index contributed by atoms with van der Waals surface area (Å²) in [5.41, 5.74) is 7.63. The van der Waals surface area contributed by atoms with E-state index in [1.165, 1.54) is 0 Å². The first-order valence-corrected chi connectivity index (χ1v) is 7.19. The Bertz CT molecular complexity index is 607. The van der Waals surface area contributed by atoms with Gasteiger partial charge >= 0.3 is 0 Å². The number of aromatic nitrogens is 2. The molecule has 3 rings (SSSR count). The zero-order valence-electron chi connectivity index (χ0n) is 12.2. The van der Waals surface area contributed by atoms with Crippen LogP contribution in [-0.2, 0) is 0 Å². The smallest absolute Gasteiger partial charge is 0.258 e. The van der Waals surface area contributed by atoms with Crippen LogP contribution in [-0.4, -0.2) is 35.7 Å². The second kappa shape index (κ2) is 6.91. The van der Waals surface area contributed by atoms with Crippen molar-refractivity contribution in [3.63, 3.8) is 0 Å². The van der Waals surface area contributed by atoms with E-state index in [-0.39, 0.29) is 12.4 Å². The van der Waals surface area contributed by atoms with Crippen LogP contribution < -0.4 is 15.4 Å². The van der Waals surface area contributed by atoms with Gasteiger partial charge in [0, 0.05) is 19.1 Å². The monoisotopic (exact) mass is 308 g/mol. The molecule has 1 aromatic heterocycles. The maximum atomic E-state index is 5.87. The van der Waals surface area contributed by atoms with Crippen LogP contribution >= 0.6 is 12.4 Å². The van der Waals surface area contributed by atoms with Gasteiger partial charge in [0.15, 0.2) is 5.82 Å². The molecule has 0 radical (unpaired) electrons. The third kappa shape index (κ3) is 3.04. The average molecular weight is 309 g/mol. The number of hydrogen-bond acceptors (Lipinski definition) is 5. The normalized spacial score (nSPS) is 17.8. The summed E-state index contributed by atoms with van der Waals surface area (Å²) >= 11 is 0. The van der Waals surface area contributed by atoms with Gasteiger partial charge in [-0.2, -0.15) is 0 Å². The van der Waals surface area contributed by atoms with E-state index >= 15 is 0 Å². The second-order valence-electron chi connectivity index (χ2n) is 5.00. The molecule has 114 valence electrons. The molecule has 1 aromatic carbocycles. The largest absolute Gasteiger partial charge is 0.475 e. The fraction of sp³-hybridized carbons (Fsp3) is 0.467. The molecule has 1 unspecified atom stereocenters. The van der Waals surface area contributed by atoms with Crippen molar-refractivity contribution in [3.8, 4) is 5.88 Å². The summed E-state index contributed by atoms with van der Waals surface area (Å²) in [6, 6.07) is 8.22. The molecular weight excluding hydrogens is 288 g/mol. The number of ether oxygens (including phenoxy) is 1. The van der Waals surface area contributed by atoms with Crippen molar-refractivity contribution < 1.29 is 4.74 Å². The quantitative estimate of drug-likeness (QED) is 0.939. The van der Waals surface area contributed by atoms with Crippen molar-refractivity contribution in [2.45, 2.75) is 25.8 Å². The number of fused-ring (bicyclic) bond motifs is 1. The number of halogens is 1. The molecule has 2 aromatic rings. The van der Waals surface area contributed by atoms with Crippen molar-refractivity contribution in [1.29, 1.82) is 0 Å². The highest BCUT2D eigenvalue weighted by atomic mass is 35.5. The Morgan fingerprint density at radius 1 is 1.29 bits per heavy atom. The molecular formula is C15H21ClN4O. The summed E-state index contributed by atoms with van der Waals surface area (Å²) in [5, 5.41) is 0. The molecule has 0 aliphatic carbocycles. The van der Waals surface area contributed by atoms with Crippen molar-refractivity contribution in [1.82, 2.24) is 9.97 Å². The van der Waals surface area contributed by atoms with E-state index < -0.39 is 0 Å². The van der Waals surface area contributed by atoms with Crippen LogP contribution in [0.25, 0.3) is 11.0 Å². The molecule has 1 aliphatic rings. The number of nitrogens with two attached hydrogens (primary N) is 1. The predicted octanol–water partition coefficient (Wildman–Crippen LogP) is 2.38. The molecule has 6 heteroatoms. The summed E-state index contributed by atoms with van der Waals surface area (Å²) < 4.78 is 5.69. The molecule has 21 heavy (non-hydrogen) atoms. The van der Waals surface area contributed by atoms with E-state index in [2.05, 4.69) is 9.88 Å². The summed E-state index contributed by atoms with van der Waals surface area (Å²) in [6.07, 6.45) is 2.25. The molecule has 1 saturated heterocycles. The zero-order chi connectivity index (χ0) is 13.9. The van der Waals surface area contributed by atoms with Gasteiger partial charge in [-0.05, 0) is 31.9 Å². The van der Waals surface area contributed by atoms with Crippen molar-refractivity contribution in [2.75, 3.05) is 24.6 Å². The first kappa shape index (κ1) is 15.8. The van der Waals surface area contributed by atoms with Crippen LogP contribution in [0.3, 0.4) is 0 Å². The minimum Gasteiger partial charge on any atom is -0.475 e. The molecule has 5 nitrogen and oxygen atoms in total. The summed E-state index contributed by atoms with van der Waals surface area (Å²) in [6.45, 7) is 4.15. The lowest BCUT2D eigenvalue weighted by Crippen LogP contribution is -2.36. The average Bonchev–Trinajstić information content (AvgIpc) is 2.95. The van der Waals surface area contributed by atoms with Crippen molar-refractivity contribution in [2.24, 2.45) is 5.73 Å². The lowest BCUT2D eigenvalue weighted by molar-refractivity contribution is 0.326. The van der Waals surface area contributed by atoms with Gasteiger partial charge in [-0.3, -0.25) is 0 Å². The zero-order valence-corrected chi connectivity index (χ0v) is 13.0. The van der Waals surface area contributed by atoms with Crippen LogP contribution in [0.15, 0.2) is 24.3 Å². The van der Waals surface area contributed by atoms with Crippen LogP contribution in [0.5, 0.6) is 5.88 Å². The van der Waals surface area contributed by atoms with E-state index in [0.717, 1.165) is 36.2 Å². The second-order valence-corrected chi connectivity index (χ2v) is 5.00. The van der Waals surface area contributed by atoms with Gasteiger partial charge in [-0.15, -0.1) is 12.4 Å². The summed E-state index contributed by atoms with van der Waals surface area (Å²) in [7, 11) is 0. The summed E-state index contributed by atoms with van der Waals surface area (Å²) in [4.78, 5) is 11.6. The van der Waals surface area contributed by atoms with Gasteiger partial charge in [-0.1, -0.05) is 12.1 Å². The van der Waals surface area contributed by atoms with Crippen molar-refractivity contribution in [3.05, 3.63) is 24.3 Å². The Morgan fingerprint density at radius 3 is 2.67 bits per heavy atom. The number of para-hydroxylation sites is 2. The Kier molecular flexibility index (Phi) is 5.20. The third-order valence-electron chi connectivity index (χ3n) is 3.72. The SMILES string of the molecule is CCOc1nc2ccccc2nc1N1CCCC1CN.Cl. The Labute approximate surface area is 130 Å². The Balaban J connectivity index is 0.00000161. The van der Waals surface area contributed by atoms with Crippen molar-refractivity contribution >= 4 is 29.3 Å². The standard InChI is InChI=1S/C15H20N4O.ClH/c1-2-20-15-14(19-9-5-6-11(19)10-16)17-12-7-3-4-8-13(12)18-15;/h3-4,7-8,11H,2,5-6,9-10,16H2,1H3;1H. The van der Waals surface area contributed by atoms with E-state index in [0.29, 0.717) is 25.1 Å². The topological polar surface area (TPSA) is 64.3 Å². The predicted molar refractivity (Wildman–Crippen MR) is 87.4 cm³/mol. The fourth-order valence-electron chi connectivity index (χ4n) is 2.75. The lowest BCUT2D eigenvalue weighted by atomic mass is 10.2. The molecule has 2 heterocycles. The highest BCUT2D eigenvalue weighted by Gasteiger charge is 2.28. The van der Waals surface area contributed by atoms with Crippen LogP contribution in [0.1, 0.15) is 19.8 Å². The van der Waals surface area contributed by atoms with Gasteiger partial charge in [0.05, 0.1) is 17.6 Å². The van der Waals surface area contributed by atoms with E-state index in [1.807, 2.05) is 31.2 Å². The molecule has 0 saturated carbocycles. The molecule has 1 fully saturated rings. The highest BCUT2D eigenvalue weighted by molar-refractivity contribution is 5.85. The van der Waals surface area contributed by atoms with E-state index in [4.69, 9.17) is 15.5 Å². The minimum atomic E-state index is 0. The Morgan fingerprint density at radius 2 is 2.00 bits per heavy atom. The maximum Gasteiger partial charge on any atom is 0.258 e. The Hall–Kier alpha value is -1.59. The number of anilines is 1. The molecule has 1 atom stereocenters. The van der Waals surface area contributed by atoms with Crippen LogP contribution in [0, 0.1) is 0 Å². The lowest BCUT2D eigenvalue weighted by Gasteiger charge is -2.26. The van der Waals surface area contributed by atoms with Gasteiger partial charge in [0.1, 0.15) is 0 Å².